The largest absolute Gasteiger partial charge is 0.375 e. The van der Waals surface area contributed by atoms with Crippen molar-refractivity contribution in [3.05, 3.63) is 33.8 Å². The Morgan fingerprint density at radius 3 is 2.45 bits per heavy atom. The van der Waals surface area contributed by atoms with E-state index in [9.17, 15) is 8.78 Å². The number of benzene rings is 1. The van der Waals surface area contributed by atoms with Gasteiger partial charge in [-0.15, -0.1) is 0 Å². The molecule has 1 aromatic carbocycles. The molecule has 6 heteroatoms. The molecule has 1 unspecified atom stereocenters. The molecule has 1 rings (SSSR count). The van der Waals surface area contributed by atoms with E-state index in [0.717, 1.165) is 12.1 Å². The molecule has 20 heavy (non-hydrogen) atoms. The lowest BCUT2D eigenvalue weighted by Gasteiger charge is -2.19. The van der Waals surface area contributed by atoms with Gasteiger partial charge in [0.1, 0.15) is 6.61 Å². The number of ether oxygens (including phenoxy) is 1. The van der Waals surface area contributed by atoms with E-state index in [0.29, 0.717) is 22.9 Å². The number of hydrogen-bond acceptors (Lipinski definition) is 2. The van der Waals surface area contributed by atoms with Crippen LogP contribution in [0.15, 0.2) is 18.2 Å². The first-order valence-corrected chi connectivity index (χ1v) is 7.32. The van der Waals surface area contributed by atoms with Gasteiger partial charge in [0.15, 0.2) is 0 Å². The van der Waals surface area contributed by atoms with Crippen molar-refractivity contribution in [2.45, 2.75) is 32.2 Å². The van der Waals surface area contributed by atoms with Crippen molar-refractivity contribution in [1.29, 1.82) is 0 Å². The third kappa shape index (κ3) is 6.35. The summed E-state index contributed by atoms with van der Waals surface area (Å²) in [6.07, 6.45) is -1.16. The predicted molar refractivity (Wildman–Crippen MR) is 79.1 cm³/mol. The third-order valence-corrected chi connectivity index (χ3v) is 3.57. The molecule has 114 valence electrons. The van der Waals surface area contributed by atoms with Crippen LogP contribution in [0.25, 0.3) is 0 Å². The third-order valence-electron chi connectivity index (χ3n) is 2.86. The fraction of sp³-hybridized carbons (Fsp3) is 0.571. The summed E-state index contributed by atoms with van der Waals surface area (Å²) in [5, 5.41) is 4.53. The van der Waals surface area contributed by atoms with Gasteiger partial charge in [0.2, 0.25) is 0 Å². The van der Waals surface area contributed by atoms with Crippen LogP contribution in [0.5, 0.6) is 0 Å². The first kappa shape index (κ1) is 17.6. The highest BCUT2D eigenvalue weighted by molar-refractivity contribution is 6.35. The van der Waals surface area contributed by atoms with Crippen LogP contribution in [-0.2, 0) is 11.2 Å². The van der Waals surface area contributed by atoms with Gasteiger partial charge in [-0.25, -0.2) is 8.78 Å². The minimum atomic E-state index is -2.43. The second-order valence-corrected chi connectivity index (χ2v) is 5.23. The van der Waals surface area contributed by atoms with Crippen LogP contribution < -0.4 is 5.32 Å². The molecular weight excluding hydrogens is 307 g/mol. The van der Waals surface area contributed by atoms with Gasteiger partial charge < -0.3 is 10.1 Å². The lowest BCUT2D eigenvalue weighted by atomic mass is 10.0. The zero-order chi connectivity index (χ0) is 15.0. The van der Waals surface area contributed by atoms with Gasteiger partial charge in [-0.3, -0.25) is 0 Å². The van der Waals surface area contributed by atoms with E-state index in [2.05, 4.69) is 5.32 Å². The van der Waals surface area contributed by atoms with E-state index in [4.69, 9.17) is 27.9 Å². The molecule has 0 aromatic heterocycles. The second-order valence-electron chi connectivity index (χ2n) is 4.41. The maximum absolute atomic E-state index is 12.0. The van der Waals surface area contributed by atoms with Crippen LogP contribution in [0.2, 0.25) is 10.0 Å². The number of rotatable bonds is 9. The molecule has 1 atom stereocenters. The molecule has 0 saturated heterocycles. The molecule has 0 amide bonds. The average Bonchev–Trinajstić information content (AvgIpc) is 2.38. The van der Waals surface area contributed by atoms with Crippen molar-refractivity contribution in [3.63, 3.8) is 0 Å². The topological polar surface area (TPSA) is 21.3 Å². The first-order valence-electron chi connectivity index (χ1n) is 6.56. The highest BCUT2D eigenvalue weighted by Crippen LogP contribution is 2.26. The number of halogens is 4. The van der Waals surface area contributed by atoms with Crippen molar-refractivity contribution in [3.8, 4) is 0 Å². The van der Waals surface area contributed by atoms with Crippen LogP contribution in [0.1, 0.15) is 18.9 Å². The van der Waals surface area contributed by atoms with Crippen molar-refractivity contribution in [2.75, 3.05) is 19.8 Å². The van der Waals surface area contributed by atoms with E-state index in [1.54, 1.807) is 18.2 Å². The fourth-order valence-corrected chi connectivity index (χ4v) is 2.49. The SMILES string of the molecule is CCNC(CCOCC(F)F)Cc1c(Cl)cccc1Cl. The lowest BCUT2D eigenvalue weighted by molar-refractivity contribution is 0.0144. The molecule has 0 aliphatic carbocycles. The van der Waals surface area contributed by atoms with E-state index in [1.807, 2.05) is 6.92 Å². The molecule has 1 N–H and O–H groups in total. The Kier molecular flexibility index (Phi) is 8.38. The van der Waals surface area contributed by atoms with Crippen LogP contribution in [0, 0.1) is 0 Å². The molecule has 0 spiro atoms. The Morgan fingerprint density at radius 2 is 1.90 bits per heavy atom. The van der Waals surface area contributed by atoms with Crippen LogP contribution in [-0.4, -0.2) is 32.2 Å². The Balaban J connectivity index is 2.53. The van der Waals surface area contributed by atoms with Crippen molar-refractivity contribution < 1.29 is 13.5 Å². The highest BCUT2D eigenvalue weighted by Gasteiger charge is 2.14. The summed E-state index contributed by atoms with van der Waals surface area (Å²) < 4.78 is 28.9. The average molecular weight is 326 g/mol. The van der Waals surface area contributed by atoms with Gasteiger partial charge in [0.05, 0.1) is 0 Å². The lowest BCUT2D eigenvalue weighted by Crippen LogP contribution is -2.32. The number of alkyl halides is 2. The van der Waals surface area contributed by atoms with Gasteiger partial charge in [0, 0.05) is 22.7 Å². The number of hydrogen-bond donors (Lipinski definition) is 1. The Hall–Kier alpha value is -0.420. The van der Waals surface area contributed by atoms with Crippen molar-refractivity contribution in [1.82, 2.24) is 5.32 Å². The molecule has 0 bridgehead atoms. The van der Waals surface area contributed by atoms with E-state index >= 15 is 0 Å². The predicted octanol–water partition coefficient (Wildman–Crippen LogP) is 4.19. The number of likely N-dealkylation sites (N-methyl/N-ethyl adjacent to an activating group) is 1. The van der Waals surface area contributed by atoms with Gasteiger partial charge in [0.25, 0.3) is 6.43 Å². The van der Waals surface area contributed by atoms with Gasteiger partial charge >= 0.3 is 0 Å². The zero-order valence-electron chi connectivity index (χ0n) is 11.3. The maximum atomic E-state index is 12.0. The van der Waals surface area contributed by atoms with Gasteiger partial charge in [-0.2, -0.15) is 0 Å². The smallest absolute Gasteiger partial charge is 0.261 e. The number of nitrogens with one attached hydrogen (secondary N) is 1. The van der Waals surface area contributed by atoms with Crippen molar-refractivity contribution in [2.24, 2.45) is 0 Å². The first-order chi connectivity index (χ1) is 9.54. The zero-order valence-corrected chi connectivity index (χ0v) is 12.9. The summed E-state index contributed by atoms with van der Waals surface area (Å²) in [4.78, 5) is 0. The minimum Gasteiger partial charge on any atom is -0.375 e. The van der Waals surface area contributed by atoms with Crippen LogP contribution in [0.3, 0.4) is 0 Å². The Bertz CT molecular complexity index is 385. The molecule has 0 aliphatic rings. The molecule has 0 radical (unpaired) electrons. The van der Waals surface area contributed by atoms with E-state index in [-0.39, 0.29) is 12.6 Å². The van der Waals surface area contributed by atoms with Crippen molar-refractivity contribution >= 4 is 23.2 Å². The molecule has 0 heterocycles. The quantitative estimate of drug-likeness (QED) is 0.687. The van der Waals surface area contributed by atoms with E-state index in [1.165, 1.54) is 0 Å². The van der Waals surface area contributed by atoms with Crippen LogP contribution in [0.4, 0.5) is 8.78 Å². The van der Waals surface area contributed by atoms with Gasteiger partial charge in [-0.1, -0.05) is 36.2 Å². The molecule has 2 nitrogen and oxygen atoms in total. The fourth-order valence-electron chi connectivity index (χ4n) is 1.94. The summed E-state index contributed by atoms with van der Waals surface area (Å²) in [6.45, 7) is 2.53. The monoisotopic (exact) mass is 325 g/mol. The second kappa shape index (κ2) is 9.50. The van der Waals surface area contributed by atoms with E-state index < -0.39 is 13.0 Å². The summed E-state index contributed by atoms with van der Waals surface area (Å²) in [7, 11) is 0. The van der Waals surface area contributed by atoms with Gasteiger partial charge in [-0.05, 0) is 37.1 Å². The maximum Gasteiger partial charge on any atom is 0.261 e. The molecule has 0 fully saturated rings. The Labute approximate surface area is 128 Å². The summed E-state index contributed by atoms with van der Waals surface area (Å²) in [5.74, 6) is 0. The highest BCUT2D eigenvalue weighted by atomic mass is 35.5. The molecule has 1 aromatic rings. The minimum absolute atomic E-state index is 0.0927. The summed E-state index contributed by atoms with van der Waals surface area (Å²) >= 11 is 12.3. The molecule has 0 aliphatic heterocycles. The normalized spacial score (nSPS) is 12.9. The molecule has 0 saturated carbocycles. The molecular formula is C14H19Cl2F2NO. The standard InChI is InChI=1S/C14H19Cl2F2NO/c1-2-19-10(6-7-20-9-14(17)18)8-11-12(15)4-3-5-13(11)16/h3-5,10,14,19H,2,6-9H2,1H3. The Morgan fingerprint density at radius 1 is 1.25 bits per heavy atom. The van der Waals surface area contributed by atoms with Crippen LogP contribution >= 0.6 is 23.2 Å². The summed E-state index contributed by atoms with van der Waals surface area (Å²) in [5.41, 5.74) is 0.871. The summed E-state index contributed by atoms with van der Waals surface area (Å²) in [6, 6.07) is 5.47.